The van der Waals surface area contributed by atoms with E-state index >= 15 is 0 Å². The standard InChI is InChI=1S/HNO4S2/c2-1(3)7(4,5)6/h(H,4,5,6). The lowest BCUT2D eigenvalue weighted by Crippen LogP contribution is -2.07. The maximum Gasteiger partial charge on any atom is 0.425 e. The number of hydrogen-bond acceptors (Lipinski definition) is 4. The first-order chi connectivity index (χ1) is 2.94. The van der Waals surface area contributed by atoms with Crippen LogP contribution in [0.2, 0.25) is 0 Å². The van der Waals surface area contributed by atoms with Gasteiger partial charge in [-0.15, -0.1) is 0 Å². The first kappa shape index (κ1) is 6.73. The fourth-order valence-corrected chi connectivity index (χ4v) is 0. The zero-order valence-electron chi connectivity index (χ0n) is 2.94. The van der Waals surface area contributed by atoms with Crippen LogP contribution in [0.3, 0.4) is 0 Å². The van der Waals surface area contributed by atoms with Crippen molar-refractivity contribution in [1.82, 2.24) is 0 Å². The van der Waals surface area contributed by atoms with Gasteiger partial charge < -0.3 is 0 Å². The van der Waals surface area contributed by atoms with Crippen molar-refractivity contribution >= 4 is 20.1 Å². The Hall–Kier alpha value is -0.270. The number of nitro groups is 1. The third-order valence-electron chi connectivity index (χ3n) is 0.188. The molecule has 42 valence electrons. The zero-order chi connectivity index (χ0) is 6.08. The largest absolute Gasteiger partial charge is 0.425 e. The fraction of sp³-hybridized carbons (Fsp3) is 0. The highest BCUT2D eigenvalue weighted by Gasteiger charge is 2.10. The summed E-state index contributed by atoms with van der Waals surface area (Å²) in [7, 11) is -4.19. The molecular weight excluding hydrogens is 142 g/mol. The van der Waals surface area contributed by atoms with Gasteiger partial charge in [-0.25, -0.2) is 10.1 Å². The van der Waals surface area contributed by atoms with E-state index in [4.69, 9.17) is 4.55 Å². The van der Waals surface area contributed by atoms with E-state index in [2.05, 4.69) is 11.2 Å². The third-order valence-corrected chi connectivity index (χ3v) is 0.930. The van der Waals surface area contributed by atoms with E-state index in [1.807, 2.05) is 0 Å². The molecule has 0 aromatic carbocycles. The predicted octanol–water partition coefficient (Wildman–Crippen LogP) is -0.603. The van der Waals surface area contributed by atoms with Crippen LogP contribution in [0.25, 0.3) is 0 Å². The van der Waals surface area contributed by atoms with Crippen molar-refractivity contribution < 1.29 is 13.1 Å². The Labute approximate surface area is 44.1 Å². The van der Waals surface area contributed by atoms with Crippen molar-refractivity contribution in [2.24, 2.45) is 0 Å². The molecule has 7 heavy (non-hydrogen) atoms. The van der Waals surface area contributed by atoms with E-state index < -0.39 is 13.3 Å². The maximum atomic E-state index is 9.56. The molecule has 7 heteroatoms. The summed E-state index contributed by atoms with van der Waals surface area (Å²) in [5.41, 5.74) is 0. The Morgan fingerprint density at radius 2 is 2.00 bits per heavy atom. The summed E-state index contributed by atoms with van der Waals surface area (Å²) in [5, 5.41) is 9.20. The molecule has 0 fully saturated rings. The van der Waals surface area contributed by atoms with Gasteiger partial charge in [0.2, 0.25) is 0 Å². The third kappa shape index (κ3) is 2.43. The fourth-order valence-electron chi connectivity index (χ4n) is 0. The first-order valence-corrected chi connectivity index (χ1v) is 3.46. The van der Waals surface area contributed by atoms with Gasteiger partial charge in [-0.2, -0.15) is 4.21 Å². The monoisotopic (exact) mass is 143 g/mol. The molecule has 0 aromatic rings. The van der Waals surface area contributed by atoms with Crippen LogP contribution in [0, 0.1) is 10.1 Å². The van der Waals surface area contributed by atoms with Crippen molar-refractivity contribution in [3.05, 3.63) is 10.1 Å². The summed E-state index contributed by atoms with van der Waals surface area (Å²) in [4.78, 5) is 9.20. The zero-order valence-corrected chi connectivity index (χ0v) is 4.57. The molecule has 0 amide bonds. The van der Waals surface area contributed by atoms with Gasteiger partial charge in [-0.05, 0) is 0 Å². The second-order valence-corrected chi connectivity index (χ2v) is 3.17. The minimum Gasteiger partial charge on any atom is -0.252 e. The summed E-state index contributed by atoms with van der Waals surface area (Å²) >= 11 is 3.49. The number of hydrogen-bond donors (Lipinski definition) is 1. The molecule has 0 saturated carbocycles. The smallest absolute Gasteiger partial charge is 0.252 e. The second-order valence-electron chi connectivity index (χ2n) is 0.671. The van der Waals surface area contributed by atoms with E-state index in [-0.39, 0.29) is 0 Å². The van der Waals surface area contributed by atoms with Crippen molar-refractivity contribution in [2.75, 3.05) is 0 Å². The van der Waals surface area contributed by atoms with Crippen LogP contribution in [0.15, 0.2) is 0 Å². The van der Waals surface area contributed by atoms with Gasteiger partial charge in [0.1, 0.15) is 0 Å². The Bertz CT molecular complexity index is 164. The summed E-state index contributed by atoms with van der Waals surface area (Å²) in [5.74, 6) is 0. The average Bonchev–Trinajstić information content (AvgIpc) is 1.31. The molecule has 0 bridgehead atoms. The molecule has 0 aliphatic rings. The molecule has 0 radical (unpaired) electrons. The Morgan fingerprint density at radius 3 is 2.00 bits per heavy atom. The van der Waals surface area contributed by atoms with Crippen molar-refractivity contribution in [3.63, 3.8) is 0 Å². The van der Waals surface area contributed by atoms with E-state index in [0.717, 1.165) is 0 Å². The maximum absolute atomic E-state index is 9.56. The van der Waals surface area contributed by atoms with E-state index in [0.29, 0.717) is 0 Å². The molecule has 0 spiro atoms. The Morgan fingerprint density at radius 1 is 1.86 bits per heavy atom. The second kappa shape index (κ2) is 1.68. The predicted molar refractivity (Wildman–Crippen MR) is 25.1 cm³/mol. The minimum atomic E-state index is -4.19. The highest BCUT2D eigenvalue weighted by atomic mass is 32.8. The molecule has 0 aliphatic carbocycles. The minimum absolute atomic E-state index is 1.41. The van der Waals surface area contributed by atoms with Crippen LogP contribution in [-0.2, 0) is 20.1 Å². The van der Waals surface area contributed by atoms with Crippen molar-refractivity contribution in [2.45, 2.75) is 0 Å². The molecule has 1 unspecified atom stereocenters. The van der Waals surface area contributed by atoms with Crippen molar-refractivity contribution in [3.8, 4) is 0 Å². The van der Waals surface area contributed by atoms with E-state index in [1.54, 1.807) is 0 Å². The Balaban J connectivity index is 4.43. The topological polar surface area (TPSA) is 80.4 Å². The molecule has 0 heterocycles. The molecule has 0 aromatic heterocycles. The average molecular weight is 143 g/mol. The molecular formula is HNO4S2. The SMILES string of the molecule is O=[N+]([O-])S(=O)(O)=S. The first-order valence-electron chi connectivity index (χ1n) is 1.06. The highest BCUT2D eigenvalue weighted by molar-refractivity contribution is 8.26. The molecule has 1 N–H and O–H groups in total. The molecule has 5 nitrogen and oxygen atoms in total. The lowest BCUT2D eigenvalue weighted by molar-refractivity contribution is -0.307. The van der Waals surface area contributed by atoms with Gasteiger partial charge in [-0.1, -0.05) is 0 Å². The lowest BCUT2D eigenvalue weighted by atomic mass is 13.4. The van der Waals surface area contributed by atoms with Gasteiger partial charge in [0.05, 0.1) is 11.2 Å². The number of rotatable bonds is 1. The summed E-state index contributed by atoms with van der Waals surface area (Å²) in [6.07, 6.45) is 0. The van der Waals surface area contributed by atoms with E-state index in [9.17, 15) is 14.3 Å². The molecule has 1 atom stereocenters. The van der Waals surface area contributed by atoms with Crippen LogP contribution in [-0.4, -0.2) is 13.1 Å². The summed E-state index contributed by atoms with van der Waals surface area (Å²) < 4.78 is 15.9. The molecule has 0 aliphatic heterocycles. The van der Waals surface area contributed by atoms with E-state index in [1.165, 1.54) is 0 Å². The van der Waals surface area contributed by atoms with Crippen LogP contribution < -0.4 is 0 Å². The highest BCUT2D eigenvalue weighted by Crippen LogP contribution is 1.79. The molecule has 0 saturated heterocycles. The van der Waals surface area contributed by atoms with Gasteiger partial charge >= 0.3 is 8.96 Å². The summed E-state index contributed by atoms with van der Waals surface area (Å²) in [6.45, 7) is 0. The van der Waals surface area contributed by atoms with Crippen LogP contribution in [0.5, 0.6) is 0 Å². The van der Waals surface area contributed by atoms with Crippen LogP contribution >= 0.6 is 0 Å². The quantitative estimate of drug-likeness (QED) is 0.391. The lowest BCUT2D eigenvalue weighted by Gasteiger charge is -1.80. The van der Waals surface area contributed by atoms with Gasteiger partial charge in [0.25, 0.3) is 0 Å². The Kier molecular flexibility index (Phi) is 1.62. The van der Waals surface area contributed by atoms with Gasteiger partial charge in [0.15, 0.2) is 4.33 Å². The molecule has 0 rings (SSSR count). The number of nitrogens with zero attached hydrogens (tertiary/aromatic N) is 1. The van der Waals surface area contributed by atoms with Crippen molar-refractivity contribution in [1.29, 1.82) is 0 Å². The van der Waals surface area contributed by atoms with Gasteiger partial charge in [-0.3, -0.25) is 4.55 Å². The normalized spacial score (nSPS) is 17.9. The van der Waals surface area contributed by atoms with Crippen LogP contribution in [0.1, 0.15) is 0 Å². The van der Waals surface area contributed by atoms with Gasteiger partial charge in [0, 0.05) is 0 Å². The van der Waals surface area contributed by atoms with Crippen LogP contribution in [0.4, 0.5) is 0 Å². The summed E-state index contributed by atoms with van der Waals surface area (Å²) in [6, 6.07) is 0.